The smallest absolute Gasteiger partial charge is 0.0612 e. The van der Waals surface area contributed by atoms with Crippen molar-refractivity contribution in [2.45, 2.75) is 32.3 Å². The van der Waals surface area contributed by atoms with Crippen LogP contribution in [0.4, 0.5) is 0 Å². The standard InChI is InChI=1S/C12H17BrOS/c1-10-12(9-13,5-6-14-10)4-2-11-3-7-15-8-11/h3,7-8,10H,2,4-6,9H2,1H3. The highest BCUT2D eigenvalue weighted by Crippen LogP contribution is 2.40. The Kier molecular flexibility index (Phi) is 3.86. The summed E-state index contributed by atoms with van der Waals surface area (Å²) in [6.45, 7) is 3.14. The van der Waals surface area contributed by atoms with Crippen LogP contribution in [0.1, 0.15) is 25.3 Å². The van der Waals surface area contributed by atoms with Gasteiger partial charge >= 0.3 is 0 Å². The van der Waals surface area contributed by atoms with Crippen LogP contribution in [0, 0.1) is 5.41 Å². The van der Waals surface area contributed by atoms with Crippen LogP contribution < -0.4 is 0 Å². The first-order valence-electron chi connectivity index (χ1n) is 5.45. The molecule has 1 nitrogen and oxygen atoms in total. The molecule has 0 saturated carbocycles. The molecule has 2 heterocycles. The average molecular weight is 289 g/mol. The number of hydrogen-bond acceptors (Lipinski definition) is 2. The van der Waals surface area contributed by atoms with E-state index in [1.807, 2.05) is 0 Å². The van der Waals surface area contributed by atoms with Crippen LogP contribution in [0.3, 0.4) is 0 Å². The lowest BCUT2D eigenvalue weighted by Crippen LogP contribution is -2.31. The van der Waals surface area contributed by atoms with E-state index < -0.39 is 0 Å². The van der Waals surface area contributed by atoms with E-state index in [9.17, 15) is 0 Å². The van der Waals surface area contributed by atoms with E-state index in [2.05, 4.69) is 39.7 Å². The molecule has 1 aromatic heterocycles. The third-order valence-electron chi connectivity index (χ3n) is 3.59. The van der Waals surface area contributed by atoms with Crippen LogP contribution in [0.2, 0.25) is 0 Å². The molecule has 1 aromatic rings. The average Bonchev–Trinajstić information content (AvgIpc) is 2.85. The maximum atomic E-state index is 5.70. The Morgan fingerprint density at radius 3 is 3.07 bits per heavy atom. The molecule has 2 atom stereocenters. The summed E-state index contributed by atoms with van der Waals surface area (Å²) < 4.78 is 5.70. The lowest BCUT2D eigenvalue weighted by molar-refractivity contribution is 0.0708. The van der Waals surface area contributed by atoms with Gasteiger partial charge in [-0.3, -0.25) is 0 Å². The molecular weight excluding hydrogens is 272 g/mol. The van der Waals surface area contributed by atoms with Crippen molar-refractivity contribution in [3.63, 3.8) is 0 Å². The van der Waals surface area contributed by atoms with Gasteiger partial charge in [-0.2, -0.15) is 11.3 Å². The van der Waals surface area contributed by atoms with Crippen LogP contribution in [0.25, 0.3) is 0 Å². The Morgan fingerprint density at radius 1 is 1.67 bits per heavy atom. The largest absolute Gasteiger partial charge is 0.378 e. The third kappa shape index (κ3) is 2.45. The number of aryl methyl sites for hydroxylation is 1. The minimum Gasteiger partial charge on any atom is -0.378 e. The fourth-order valence-electron chi connectivity index (χ4n) is 2.22. The van der Waals surface area contributed by atoms with Crippen molar-refractivity contribution >= 4 is 27.3 Å². The van der Waals surface area contributed by atoms with Gasteiger partial charge in [0.15, 0.2) is 0 Å². The van der Waals surface area contributed by atoms with E-state index in [1.54, 1.807) is 11.3 Å². The zero-order chi connectivity index (χ0) is 10.7. The van der Waals surface area contributed by atoms with Gasteiger partial charge in [0, 0.05) is 17.4 Å². The molecule has 0 spiro atoms. The van der Waals surface area contributed by atoms with Crippen LogP contribution in [0.5, 0.6) is 0 Å². The highest BCUT2D eigenvalue weighted by molar-refractivity contribution is 9.09. The quantitative estimate of drug-likeness (QED) is 0.765. The lowest BCUT2D eigenvalue weighted by atomic mass is 9.79. The summed E-state index contributed by atoms with van der Waals surface area (Å²) in [7, 11) is 0. The first-order chi connectivity index (χ1) is 7.27. The molecule has 1 aliphatic rings. The fraction of sp³-hybridized carbons (Fsp3) is 0.667. The molecule has 15 heavy (non-hydrogen) atoms. The van der Waals surface area contributed by atoms with Gasteiger partial charge in [-0.1, -0.05) is 15.9 Å². The third-order valence-corrected chi connectivity index (χ3v) is 5.44. The van der Waals surface area contributed by atoms with E-state index in [0.717, 1.165) is 11.9 Å². The van der Waals surface area contributed by atoms with Crippen molar-refractivity contribution in [2.75, 3.05) is 11.9 Å². The van der Waals surface area contributed by atoms with Gasteiger partial charge in [0.05, 0.1) is 6.10 Å². The molecule has 0 aliphatic carbocycles. The van der Waals surface area contributed by atoms with Crippen molar-refractivity contribution in [2.24, 2.45) is 5.41 Å². The second-order valence-corrected chi connectivity index (χ2v) is 5.73. The van der Waals surface area contributed by atoms with Gasteiger partial charge in [-0.25, -0.2) is 0 Å². The molecule has 0 radical (unpaired) electrons. The molecule has 0 aromatic carbocycles. The molecule has 2 rings (SSSR count). The molecule has 1 saturated heterocycles. The monoisotopic (exact) mass is 288 g/mol. The summed E-state index contributed by atoms with van der Waals surface area (Å²) in [4.78, 5) is 0. The zero-order valence-corrected chi connectivity index (χ0v) is 11.4. The molecule has 0 amide bonds. The summed E-state index contributed by atoms with van der Waals surface area (Å²) >= 11 is 5.45. The van der Waals surface area contributed by atoms with Gasteiger partial charge < -0.3 is 4.74 Å². The highest BCUT2D eigenvalue weighted by Gasteiger charge is 2.39. The SMILES string of the molecule is CC1OCCC1(CBr)CCc1ccsc1. The number of halogens is 1. The number of alkyl halides is 1. The van der Waals surface area contributed by atoms with E-state index in [4.69, 9.17) is 4.74 Å². The topological polar surface area (TPSA) is 9.23 Å². The maximum Gasteiger partial charge on any atom is 0.0612 e. The van der Waals surface area contributed by atoms with E-state index in [-0.39, 0.29) is 0 Å². The maximum absolute atomic E-state index is 5.70. The Balaban J connectivity index is 1.96. The molecular formula is C12H17BrOS. The zero-order valence-electron chi connectivity index (χ0n) is 9.04. The van der Waals surface area contributed by atoms with E-state index >= 15 is 0 Å². The van der Waals surface area contributed by atoms with Gasteiger partial charge in [0.25, 0.3) is 0 Å². The summed E-state index contributed by atoms with van der Waals surface area (Å²) in [5, 5.41) is 5.47. The first kappa shape index (κ1) is 11.6. The fourth-order valence-corrected chi connectivity index (χ4v) is 3.94. The van der Waals surface area contributed by atoms with Crippen LogP contribution >= 0.6 is 27.3 Å². The molecule has 0 bridgehead atoms. The van der Waals surface area contributed by atoms with Gasteiger partial charge in [-0.15, -0.1) is 0 Å². The van der Waals surface area contributed by atoms with Crippen LogP contribution in [-0.4, -0.2) is 18.0 Å². The summed E-state index contributed by atoms with van der Waals surface area (Å²) in [6.07, 6.45) is 4.01. The van der Waals surface area contributed by atoms with Crippen molar-refractivity contribution < 1.29 is 4.74 Å². The molecule has 1 aliphatic heterocycles. The summed E-state index contributed by atoms with van der Waals surface area (Å²) in [5.74, 6) is 0. The second kappa shape index (κ2) is 4.98. The molecule has 3 heteroatoms. The predicted octanol–water partition coefficient (Wildman–Crippen LogP) is 3.87. The molecule has 0 N–H and O–H groups in total. The Morgan fingerprint density at radius 2 is 2.53 bits per heavy atom. The number of ether oxygens (including phenoxy) is 1. The minimum absolute atomic E-state index is 0.363. The Bertz CT molecular complexity index is 299. The van der Waals surface area contributed by atoms with Crippen LogP contribution in [0.15, 0.2) is 16.8 Å². The molecule has 2 unspecified atom stereocenters. The summed E-state index contributed by atoms with van der Waals surface area (Å²) in [5.41, 5.74) is 1.83. The normalized spacial score (nSPS) is 30.9. The van der Waals surface area contributed by atoms with Crippen molar-refractivity contribution in [1.82, 2.24) is 0 Å². The Labute approximate surface area is 104 Å². The van der Waals surface area contributed by atoms with E-state index in [0.29, 0.717) is 11.5 Å². The van der Waals surface area contributed by atoms with Crippen LogP contribution in [-0.2, 0) is 11.2 Å². The molecule has 84 valence electrons. The molecule has 1 fully saturated rings. The predicted molar refractivity (Wildman–Crippen MR) is 68.9 cm³/mol. The second-order valence-electron chi connectivity index (χ2n) is 4.39. The summed E-state index contributed by atoms with van der Waals surface area (Å²) in [6, 6.07) is 2.23. The highest BCUT2D eigenvalue weighted by atomic mass is 79.9. The van der Waals surface area contributed by atoms with Crippen molar-refractivity contribution in [1.29, 1.82) is 0 Å². The lowest BCUT2D eigenvalue weighted by Gasteiger charge is -2.30. The number of rotatable bonds is 4. The van der Waals surface area contributed by atoms with Gasteiger partial charge in [0.1, 0.15) is 0 Å². The minimum atomic E-state index is 0.363. The van der Waals surface area contributed by atoms with Crippen molar-refractivity contribution in [3.8, 4) is 0 Å². The Hall–Kier alpha value is 0.140. The van der Waals surface area contributed by atoms with Crippen molar-refractivity contribution in [3.05, 3.63) is 22.4 Å². The van der Waals surface area contributed by atoms with E-state index in [1.165, 1.54) is 24.8 Å². The first-order valence-corrected chi connectivity index (χ1v) is 7.52. The van der Waals surface area contributed by atoms with Gasteiger partial charge in [-0.05, 0) is 48.6 Å². The van der Waals surface area contributed by atoms with Gasteiger partial charge in [0.2, 0.25) is 0 Å². The number of thiophene rings is 1. The number of hydrogen-bond donors (Lipinski definition) is 0.